The lowest BCUT2D eigenvalue weighted by atomic mass is 10.1. The minimum Gasteiger partial charge on any atom is -0.366 e. The van der Waals surface area contributed by atoms with E-state index in [1.54, 1.807) is 6.20 Å². The fourth-order valence-electron chi connectivity index (χ4n) is 1.64. The average molecular weight is 226 g/mol. The number of aromatic nitrogens is 1. The lowest BCUT2D eigenvalue weighted by Gasteiger charge is -2.08. The topological polar surface area (TPSA) is 42.0 Å². The molecule has 1 heterocycles. The summed E-state index contributed by atoms with van der Waals surface area (Å²) in [6, 6.07) is 11.4. The summed E-state index contributed by atoms with van der Waals surface area (Å²) < 4.78 is 0. The van der Waals surface area contributed by atoms with Gasteiger partial charge in [0.25, 0.3) is 0 Å². The molecule has 0 saturated heterocycles. The smallest absolute Gasteiger partial charge is 0.150 e. The highest BCUT2D eigenvalue weighted by molar-refractivity contribution is 5.75. The number of rotatable bonds is 4. The van der Waals surface area contributed by atoms with Crippen molar-refractivity contribution < 1.29 is 4.79 Å². The third kappa shape index (κ3) is 2.91. The molecule has 17 heavy (non-hydrogen) atoms. The number of hydrogen-bond acceptors (Lipinski definition) is 3. The van der Waals surface area contributed by atoms with Gasteiger partial charge in [-0.05, 0) is 36.2 Å². The van der Waals surface area contributed by atoms with Gasteiger partial charge >= 0.3 is 0 Å². The Morgan fingerprint density at radius 1 is 1.29 bits per heavy atom. The zero-order valence-electron chi connectivity index (χ0n) is 9.68. The van der Waals surface area contributed by atoms with E-state index in [9.17, 15) is 4.79 Å². The van der Waals surface area contributed by atoms with Crippen molar-refractivity contribution >= 4 is 12.1 Å². The van der Waals surface area contributed by atoms with Crippen molar-refractivity contribution in [2.45, 2.75) is 13.5 Å². The fraction of sp³-hybridized carbons (Fsp3) is 0.143. The number of nitrogens with zero attached hydrogens (tertiary/aromatic N) is 1. The Morgan fingerprint density at radius 3 is 2.82 bits per heavy atom. The van der Waals surface area contributed by atoms with Gasteiger partial charge in [-0.1, -0.05) is 18.2 Å². The largest absolute Gasteiger partial charge is 0.366 e. The number of nitrogens with one attached hydrogen (secondary N) is 1. The first-order chi connectivity index (χ1) is 8.29. The SMILES string of the molecule is Cc1cc(C=O)ccc1CNc1ccccn1. The Morgan fingerprint density at radius 2 is 2.18 bits per heavy atom. The lowest BCUT2D eigenvalue weighted by Crippen LogP contribution is -2.02. The summed E-state index contributed by atoms with van der Waals surface area (Å²) in [4.78, 5) is 14.8. The standard InChI is InChI=1S/C14H14N2O/c1-11-8-12(10-17)5-6-13(11)9-16-14-4-2-3-7-15-14/h2-8,10H,9H2,1H3,(H,15,16). The van der Waals surface area contributed by atoms with Gasteiger partial charge in [-0.25, -0.2) is 4.98 Å². The number of aryl methyl sites for hydroxylation is 1. The van der Waals surface area contributed by atoms with Crippen LogP contribution in [0.1, 0.15) is 21.5 Å². The van der Waals surface area contributed by atoms with E-state index >= 15 is 0 Å². The summed E-state index contributed by atoms with van der Waals surface area (Å²) in [5.41, 5.74) is 2.99. The van der Waals surface area contributed by atoms with E-state index < -0.39 is 0 Å². The number of aldehydes is 1. The van der Waals surface area contributed by atoms with Crippen molar-refractivity contribution in [2.24, 2.45) is 0 Å². The molecule has 0 spiro atoms. The van der Waals surface area contributed by atoms with E-state index in [2.05, 4.69) is 10.3 Å². The second-order valence-electron chi connectivity index (χ2n) is 3.87. The molecule has 3 nitrogen and oxygen atoms in total. The molecule has 0 aliphatic heterocycles. The van der Waals surface area contributed by atoms with Crippen LogP contribution in [0, 0.1) is 6.92 Å². The molecule has 0 radical (unpaired) electrons. The summed E-state index contributed by atoms with van der Waals surface area (Å²) in [6.07, 6.45) is 2.62. The number of carbonyl (C=O) groups is 1. The van der Waals surface area contributed by atoms with Crippen molar-refractivity contribution in [1.82, 2.24) is 4.98 Å². The van der Waals surface area contributed by atoms with Crippen LogP contribution in [0.4, 0.5) is 5.82 Å². The molecule has 0 aliphatic carbocycles. The van der Waals surface area contributed by atoms with Crippen molar-refractivity contribution in [3.63, 3.8) is 0 Å². The molecule has 0 bridgehead atoms. The van der Waals surface area contributed by atoms with Gasteiger partial charge in [-0.3, -0.25) is 4.79 Å². The molecule has 1 aromatic carbocycles. The minimum atomic E-state index is 0.710. The predicted octanol–water partition coefficient (Wildman–Crippen LogP) is 2.81. The van der Waals surface area contributed by atoms with Gasteiger partial charge in [0.15, 0.2) is 0 Å². The van der Waals surface area contributed by atoms with Crippen LogP contribution in [0.2, 0.25) is 0 Å². The van der Waals surface area contributed by atoms with Crippen LogP contribution in [0.3, 0.4) is 0 Å². The van der Waals surface area contributed by atoms with Gasteiger partial charge in [-0.15, -0.1) is 0 Å². The van der Waals surface area contributed by atoms with E-state index in [4.69, 9.17) is 0 Å². The Labute approximate surface area is 101 Å². The third-order valence-electron chi connectivity index (χ3n) is 2.63. The molecule has 0 amide bonds. The fourth-order valence-corrected chi connectivity index (χ4v) is 1.64. The molecule has 3 heteroatoms. The molecule has 0 saturated carbocycles. The first-order valence-corrected chi connectivity index (χ1v) is 5.49. The Kier molecular flexibility index (Phi) is 3.50. The Balaban J connectivity index is 2.07. The number of hydrogen-bond donors (Lipinski definition) is 1. The molecule has 1 N–H and O–H groups in total. The first kappa shape index (κ1) is 11.3. The third-order valence-corrected chi connectivity index (χ3v) is 2.63. The normalized spacial score (nSPS) is 9.94. The molecule has 86 valence electrons. The monoisotopic (exact) mass is 226 g/mol. The quantitative estimate of drug-likeness (QED) is 0.815. The predicted molar refractivity (Wildman–Crippen MR) is 68.1 cm³/mol. The van der Waals surface area contributed by atoms with E-state index in [1.165, 1.54) is 5.56 Å². The van der Waals surface area contributed by atoms with Crippen molar-refractivity contribution in [3.05, 3.63) is 59.3 Å². The van der Waals surface area contributed by atoms with E-state index in [0.29, 0.717) is 12.1 Å². The van der Waals surface area contributed by atoms with Crippen LogP contribution in [0.15, 0.2) is 42.6 Å². The average Bonchev–Trinajstić information content (AvgIpc) is 2.38. The summed E-state index contributed by atoms with van der Waals surface area (Å²) in [7, 11) is 0. The molecular formula is C14H14N2O. The van der Waals surface area contributed by atoms with Crippen LogP contribution >= 0.6 is 0 Å². The van der Waals surface area contributed by atoms with Crippen molar-refractivity contribution in [2.75, 3.05) is 5.32 Å². The van der Waals surface area contributed by atoms with E-state index in [0.717, 1.165) is 17.7 Å². The molecule has 2 aromatic rings. The van der Waals surface area contributed by atoms with Gasteiger partial charge in [0, 0.05) is 18.3 Å². The maximum Gasteiger partial charge on any atom is 0.150 e. The maximum absolute atomic E-state index is 10.6. The highest BCUT2D eigenvalue weighted by Gasteiger charge is 2.00. The number of pyridine rings is 1. The van der Waals surface area contributed by atoms with E-state index in [1.807, 2.05) is 43.3 Å². The molecule has 0 aliphatic rings. The second kappa shape index (κ2) is 5.25. The molecule has 2 rings (SSSR count). The van der Waals surface area contributed by atoms with Crippen LogP contribution < -0.4 is 5.32 Å². The van der Waals surface area contributed by atoms with Gasteiger partial charge < -0.3 is 5.32 Å². The van der Waals surface area contributed by atoms with Gasteiger partial charge in [0.1, 0.15) is 12.1 Å². The molecule has 0 fully saturated rings. The summed E-state index contributed by atoms with van der Waals surface area (Å²) in [6.45, 7) is 2.71. The number of anilines is 1. The zero-order chi connectivity index (χ0) is 12.1. The molecule has 0 atom stereocenters. The van der Waals surface area contributed by atoms with Crippen LogP contribution in [-0.4, -0.2) is 11.3 Å². The summed E-state index contributed by atoms with van der Waals surface area (Å²) in [5.74, 6) is 0.853. The first-order valence-electron chi connectivity index (χ1n) is 5.49. The van der Waals surface area contributed by atoms with Crippen molar-refractivity contribution in [1.29, 1.82) is 0 Å². The Bertz CT molecular complexity index is 509. The van der Waals surface area contributed by atoms with Gasteiger partial charge in [0.05, 0.1) is 0 Å². The van der Waals surface area contributed by atoms with Gasteiger partial charge in [0.2, 0.25) is 0 Å². The van der Waals surface area contributed by atoms with Crippen LogP contribution in [0.25, 0.3) is 0 Å². The molecular weight excluding hydrogens is 212 g/mol. The zero-order valence-corrected chi connectivity index (χ0v) is 9.68. The molecule has 1 aromatic heterocycles. The molecule has 0 unspecified atom stereocenters. The second-order valence-corrected chi connectivity index (χ2v) is 3.87. The van der Waals surface area contributed by atoms with E-state index in [-0.39, 0.29) is 0 Å². The number of carbonyl (C=O) groups excluding carboxylic acids is 1. The summed E-state index contributed by atoms with van der Waals surface area (Å²) >= 11 is 0. The highest BCUT2D eigenvalue weighted by atomic mass is 16.1. The maximum atomic E-state index is 10.6. The van der Waals surface area contributed by atoms with Crippen LogP contribution in [0.5, 0.6) is 0 Å². The van der Waals surface area contributed by atoms with Crippen molar-refractivity contribution in [3.8, 4) is 0 Å². The highest BCUT2D eigenvalue weighted by Crippen LogP contribution is 2.12. The summed E-state index contributed by atoms with van der Waals surface area (Å²) in [5, 5.41) is 3.24. The van der Waals surface area contributed by atoms with Crippen LogP contribution in [-0.2, 0) is 6.54 Å². The minimum absolute atomic E-state index is 0.710. The Hall–Kier alpha value is -2.16. The lowest BCUT2D eigenvalue weighted by molar-refractivity contribution is 0.112. The van der Waals surface area contributed by atoms with Gasteiger partial charge in [-0.2, -0.15) is 0 Å². The number of benzene rings is 1.